The number of rotatable bonds is 8. The standard InChI is InChI=1S/C32H37N7O4/c1-18-3-2-4-26(37-18)25(29(33)20-9-11-34-12-10-20)17-36-22-13-19(14-22)16-35-21-5-6-23-24(15-21)32(43)39(31(23)42)27-7-8-28(40)38-30(27)41/h2-6,15,17,19-20,22,27,34-35H,7-14,16,33H2,1H3,(H,38,40,41). The summed E-state index contributed by atoms with van der Waals surface area (Å²) in [7, 11) is 0. The number of hydrogen-bond acceptors (Lipinski definition) is 9. The summed E-state index contributed by atoms with van der Waals surface area (Å²) >= 11 is 0. The van der Waals surface area contributed by atoms with Gasteiger partial charge in [-0.15, -0.1) is 0 Å². The zero-order valence-corrected chi connectivity index (χ0v) is 24.3. The van der Waals surface area contributed by atoms with Crippen molar-refractivity contribution >= 4 is 41.1 Å². The van der Waals surface area contributed by atoms with E-state index < -0.39 is 29.7 Å². The molecule has 11 heteroatoms. The lowest BCUT2D eigenvalue weighted by Gasteiger charge is -2.33. The van der Waals surface area contributed by atoms with Gasteiger partial charge in [0.05, 0.1) is 22.9 Å². The molecule has 11 nitrogen and oxygen atoms in total. The Morgan fingerprint density at radius 2 is 1.84 bits per heavy atom. The second-order valence-electron chi connectivity index (χ2n) is 11.9. The Hall–Kier alpha value is -4.38. The lowest BCUT2D eigenvalue weighted by Crippen LogP contribution is -2.54. The second-order valence-corrected chi connectivity index (χ2v) is 11.9. The van der Waals surface area contributed by atoms with Crippen molar-refractivity contribution < 1.29 is 19.2 Å². The molecule has 6 rings (SSSR count). The van der Waals surface area contributed by atoms with Crippen LogP contribution in [0.25, 0.3) is 5.57 Å². The zero-order chi connectivity index (χ0) is 30.1. The average Bonchev–Trinajstić information content (AvgIpc) is 3.22. The number of carbonyl (C=O) groups is 4. The molecule has 1 unspecified atom stereocenters. The molecule has 3 fully saturated rings. The minimum Gasteiger partial charge on any atom is -0.401 e. The molecular formula is C32H37N7O4. The van der Waals surface area contributed by atoms with Gasteiger partial charge in [0.15, 0.2) is 0 Å². The molecule has 1 atom stereocenters. The van der Waals surface area contributed by atoms with Gasteiger partial charge in [-0.25, -0.2) is 0 Å². The third-order valence-electron chi connectivity index (χ3n) is 8.91. The van der Waals surface area contributed by atoms with E-state index in [4.69, 9.17) is 15.7 Å². The van der Waals surface area contributed by atoms with Crippen LogP contribution < -0.4 is 21.7 Å². The highest BCUT2D eigenvalue weighted by molar-refractivity contribution is 6.23. The van der Waals surface area contributed by atoms with Crippen LogP contribution in [0.4, 0.5) is 5.69 Å². The third-order valence-corrected chi connectivity index (χ3v) is 8.91. The number of anilines is 1. The van der Waals surface area contributed by atoms with Crippen LogP contribution in [0.3, 0.4) is 0 Å². The van der Waals surface area contributed by atoms with E-state index in [1.54, 1.807) is 18.2 Å². The molecule has 5 N–H and O–H groups in total. The lowest BCUT2D eigenvalue weighted by molar-refractivity contribution is -0.136. The summed E-state index contributed by atoms with van der Waals surface area (Å²) < 4.78 is 0. The van der Waals surface area contributed by atoms with Crippen LogP contribution in [0.5, 0.6) is 0 Å². The molecule has 0 radical (unpaired) electrons. The van der Waals surface area contributed by atoms with Crippen molar-refractivity contribution in [1.82, 2.24) is 20.5 Å². The number of piperidine rings is 2. The van der Waals surface area contributed by atoms with E-state index in [1.807, 2.05) is 31.3 Å². The first-order chi connectivity index (χ1) is 20.8. The number of imide groups is 2. The van der Waals surface area contributed by atoms with E-state index in [0.717, 1.165) is 72.0 Å². The molecule has 0 spiro atoms. The molecule has 3 aliphatic heterocycles. The number of carbonyl (C=O) groups excluding carboxylic acids is 4. The molecule has 4 heterocycles. The zero-order valence-electron chi connectivity index (χ0n) is 24.3. The quantitative estimate of drug-likeness (QED) is 0.272. The monoisotopic (exact) mass is 583 g/mol. The number of nitrogens with zero attached hydrogens (tertiary/aromatic N) is 3. The maximum Gasteiger partial charge on any atom is 0.262 e. The van der Waals surface area contributed by atoms with Gasteiger partial charge in [-0.2, -0.15) is 0 Å². The van der Waals surface area contributed by atoms with Gasteiger partial charge in [0.1, 0.15) is 6.04 Å². The van der Waals surface area contributed by atoms with Crippen molar-refractivity contribution in [3.05, 3.63) is 64.6 Å². The smallest absolute Gasteiger partial charge is 0.262 e. The number of pyridine rings is 1. The van der Waals surface area contributed by atoms with Crippen LogP contribution in [-0.2, 0) is 9.59 Å². The number of fused-ring (bicyclic) bond motifs is 1. The minimum absolute atomic E-state index is 0.0923. The predicted octanol–water partition coefficient (Wildman–Crippen LogP) is 2.42. The van der Waals surface area contributed by atoms with Crippen molar-refractivity contribution in [1.29, 1.82) is 0 Å². The summed E-state index contributed by atoms with van der Waals surface area (Å²) in [6.07, 6.45) is 6.01. The Bertz CT molecular complexity index is 1520. The van der Waals surface area contributed by atoms with Crippen molar-refractivity contribution in [3.63, 3.8) is 0 Å². The summed E-state index contributed by atoms with van der Waals surface area (Å²) in [5, 5.41) is 9.01. The fourth-order valence-electron chi connectivity index (χ4n) is 6.35. The molecule has 1 saturated carbocycles. The predicted molar refractivity (Wildman–Crippen MR) is 162 cm³/mol. The number of hydrogen-bond donors (Lipinski definition) is 4. The summed E-state index contributed by atoms with van der Waals surface area (Å²) in [5.41, 5.74) is 11.6. The van der Waals surface area contributed by atoms with Gasteiger partial charge >= 0.3 is 0 Å². The number of aromatic nitrogens is 1. The Morgan fingerprint density at radius 3 is 2.58 bits per heavy atom. The average molecular weight is 584 g/mol. The van der Waals surface area contributed by atoms with Gasteiger partial charge in [-0.3, -0.25) is 39.4 Å². The van der Waals surface area contributed by atoms with E-state index in [0.29, 0.717) is 18.4 Å². The summed E-state index contributed by atoms with van der Waals surface area (Å²) in [6.45, 7) is 4.61. The van der Waals surface area contributed by atoms with Crippen LogP contribution in [-0.4, -0.2) is 71.4 Å². The number of benzene rings is 1. The van der Waals surface area contributed by atoms with E-state index in [2.05, 4.69) is 16.0 Å². The molecule has 1 aliphatic carbocycles. The van der Waals surface area contributed by atoms with Gasteiger partial charge < -0.3 is 16.4 Å². The number of nitrogens with two attached hydrogens (primary N) is 1. The van der Waals surface area contributed by atoms with Crippen LogP contribution in [0.2, 0.25) is 0 Å². The van der Waals surface area contributed by atoms with Crippen LogP contribution in [0.1, 0.15) is 70.6 Å². The van der Waals surface area contributed by atoms with Crippen molar-refractivity contribution in [2.75, 3.05) is 25.0 Å². The first-order valence-corrected chi connectivity index (χ1v) is 15.1. The Labute approximate surface area is 250 Å². The molecule has 0 bridgehead atoms. The first-order valence-electron chi connectivity index (χ1n) is 15.1. The van der Waals surface area contributed by atoms with Gasteiger partial charge in [-0.1, -0.05) is 6.07 Å². The van der Waals surface area contributed by atoms with E-state index >= 15 is 0 Å². The Kier molecular flexibility index (Phi) is 8.07. The molecule has 1 aromatic heterocycles. The van der Waals surface area contributed by atoms with Crippen molar-refractivity contribution in [3.8, 4) is 0 Å². The van der Waals surface area contributed by atoms with E-state index in [-0.39, 0.29) is 30.0 Å². The molecule has 2 saturated heterocycles. The number of amides is 4. The summed E-state index contributed by atoms with van der Waals surface area (Å²) in [5.74, 6) is -1.29. The maximum atomic E-state index is 13.1. The normalized spacial score (nSPS) is 25.0. The fraction of sp³-hybridized carbons (Fsp3) is 0.438. The van der Waals surface area contributed by atoms with Gasteiger partial charge in [0.25, 0.3) is 11.8 Å². The highest BCUT2D eigenvalue weighted by Gasteiger charge is 2.44. The van der Waals surface area contributed by atoms with Gasteiger partial charge in [-0.05, 0) is 88.4 Å². The minimum atomic E-state index is -0.971. The highest BCUT2D eigenvalue weighted by atomic mass is 16.2. The first kappa shape index (κ1) is 28.7. The van der Waals surface area contributed by atoms with Crippen molar-refractivity contribution in [2.45, 2.75) is 57.5 Å². The highest BCUT2D eigenvalue weighted by Crippen LogP contribution is 2.33. The van der Waals surface area contributed by atoms with Crippen LogP contribution in [0, 0.1) is 18.8 Å². The van der Waals surface area contributed by atoms with Crippen LogP contribution >= 0.6 is 0 Å². The van der Waals surface area contributed by atoms with Crippen molar-refractivity contribution in [2.24, 2.45) is 22.6 Å². The fourth-order valence-corrected chi connectivity index (χ4v) is 6.35. The number of allylic oxidation sites excluding steroid dienone is 2. The number of aliphatic imine (C=N–C) groups is 1. The summed E-state index contributed by atoms with van der Waals surface area (Å²) in [4.78, 5) is 60.5. The molecule has 43 heavy (non-hydrogen) atoms. The SMILES string of the molecule is Cc1cccc(C(C=NC2CC(CNc3ccc4c(c3)C(=O)N(C3CCC(=O)NC3=O)C4=O)C2)=C(N)C2CCNCC2)n1. The van der Waals surface area contributed by atoms with E-state index in [1.165, 1.54) is 0 Å². The molecule has 4 aliphatic rings. The van der Waals surface area contributed by atoms with Crippen LogP contribution in [0.15, 0.2) is 47.1 Å². The topological polar surface area (TPSA) is 159 Å². The second kappa shape index (κ2) is 12.1. The molecule has 2 aromatic rings. The van der Waals surface area contributed by atoms with Gasteiger partial charge in [0.2, 0.25) is 11.8 Å². The number of aryl methyl sites for hydroxylation is 1. The van der Waals surface area contributed by atoms with Gasteiger partial charge in [0, 0.05) is 47.7 Å². The third kappa shape index (κ3) is 5.94. The van der Waals surface area contributed by atoms with E-state index in [9.17, 15) is 19.2 Å². The molecular weight excluding hydrogens is 546 g/mol. The maximum absolute atomic E-state index is 13.1. The molecule has 1 aromatic carbocycles. The lowest BCUT2D eigenvalue weighted by atomic mass is 9.80. The summed E-state index contributed by atoms with van der Waals surface area (Å²) in [6, 6.07) is 10.3. The molecule has 224 valence electrons. The Balaban J connectivity index is 1.06. The molecule has 4 amide bonds. The number of nitrogens with one attached hydrogen (secondary N) is 3. The largest absolute Gasteiger partial charge is 0.401 e. The Morgan fingerprint density at radius 1 is 1.07 bits per heavy atom.